The van der Waals surface area contributed by atoms with E-state index >= 15 is 4.39 Å². The highest BCUT2D eigenvalue weighted by atomic mass is 32.2. The molecular formula is C23H12F5N3OS. The molecule has 33 heavy (non-hydrogen) atoms. The summed E-state index contributed by atoms with van der Waals surface area (Å²) in [6.45, 7) is 0. The van der Waals surface area contributed by atoms with E-state index in [1.165, 1.54) is 30.6 Å². The molecule has 2 heterocycles. The number of nitrogens with zero attached hydrogens (tertiary/aromatic N) is 1. The maximum Gasteiger partial charge on any atom is 0.416 e. The normalized spacial score (nSPS) is 11.4. The third-order valence-electron chi connectivity index (χ3n) is 4.75. The summed E-state index contributed by atoms with van der Waals surface area (Å²) in [4.78, 5) is 20.2. The van der Waals surface area contributed by atoms with Crippen LogP contribution in [0, 0.1) is 24.0 Å². The van der Waals surface area contributed by atoms with E-state index in [0.717, 1.165) is 36.2 Å². The van der Waals surface area contributed by atoms with Crippen molar-refractivity contribution in [2.24, 2.45) is 0 Å². The van der Waals surface area contributed by atoms with Gasteiger partial charge in [0.25, 0.3) is 0 Å². The summed E-state index contributed by atoms with van der Waals surface area (Å²) in [6.07, 6.45) is 3.70. The van der Waals surface area contributed by atoms with Gasteiger partial charge in [-0.05, 0) is 54.4 Å². The lowest BCUT2D eigenvalue weighted by atomic mass is 9.99. The van der Waals surface area contributed by atoms with Crippen LogP contribution < -0.4 is 4.72 Å². The number of halogens is 5. The number of anilines is 1. The molecule has 0 unspecified atom stereocenters. The van der Waals surface area contributed by atoms with Gasteiger partial charge < -0.3 is 9.71 Å². The number of aromatic nitrogens is 2. The Balaban J connectivity index is 1.64. The third kappa shape index (κ3) is 4.27. The highest BCUT2D eigenvalue weighted by molar-refractivity contribution is 8.00. The zero-order valence-corrected chi connectivity index (χ0v) is 17.2. The van der Waals surface area contributed by atoms with Gasteiger partial charge in [0, 0.05) is 28.2 Å². The van der Waals surface area contributed by atoms with Crippen LogP contribution in [0.3, 0.4) is 0 Å². The van der Waals surface area contributed by atoms with Crippen molar-refractivity contribution < 1.29 is 26.7 Å². The summed E-state index contributed by atoms with van der Waals surface area (Å²) in [7, 11) is 0. The highest BCUT2D eigenvalue weighted by Gasteiger charge is 2.30. The second-order valence-electron chi connectivity index (χ2n) is 6.77. The van der Waals surface area contributed by atoms with E-state index in [1.807, 2.05) is 0 Å². The number of pyridine rings is 1. The SMILES string of the molecule is C#Cc1ccnc2[nH]cc(C(=O)c3c(F)ccc(NSc4ccc(C(F)(F)F)cc4)c3F)c12. The van der Waals surface area contributed by atoms with Crippen molar-refractivity contribution in [2.75, 3.05) is 4.72 Å². The van der Waals surface area contributed by atoms with Crippen LogP contribution in [0.2, 0.25) is 0 Å². The zero-order chi connectivity index (χ0) is 23.8. The summed E-state index contributed by atoms with van der Waals surface area (Å²) in [5.41, 5.74) is -1.27. The standard InChI is InChI=1S/C23H12F5N3OS/c1-2-12-9-10-29-22-18(12)15(11-30-22)21(32)19-16(24)7-8-17(20(19)25)31-33-14-5-3-13(4-6-14)23(26,27)28/h1,3-11,31H,(H,29,30). The summed E-state index contributed by atoms with van der Waals surface area (Å²) < 4.78 is 70.3. The zero-order valence-electron chi connectivity index (χ0n) is 16.4. The molecule has 2 N–H and O–H groups in total. The molecule has 0 radical (unpaired) electrons. The smallest absolute Gasteiger partial charge is 0.345 e. The van der Waals surface area contributed by atoms with Gasteiger partial charge in [-0.25, -0.2) is 13.8 Å². The second-order valence-corrected chi connectivity index (χ2v) is 7.65. The largest absolute Gasteiger partial charge is 0.416 e. The summed E-state index contributed by atoms with van der Waals surface area (Å²) in [6, 6.07) is 7.67. The van der Waals surface area contributed by atoms with Gasteiger partial charge in [-0.3, -0.25) is 4.79 Å². The number of hydrogen-bond donors (Lipinski definition) is 2. The molecule has 4 aromatic rings. The Bertz CT molecular complexity index is 1400. The van der Waals surface area contributed by atoms with E-state index in [0.29, 0.717) is 16.1 Å². The third-order valence-corrected chi connectivity index (χ3v) is 5.58. The van der Waals surface area contributed by atoms with Crippen molar-refractivity contribution >= 4 is 34.5 Å². The van der Waals surface area contributed by atoms with Crippen LogP contribution in [0.1, 0.15) is 27.0 Å². The van der Waals surface area contributed by atoms with Crippen molar-refractivity contribution in [2.45, 2.75) is 11.1 Å². The Labute approximate surface area is 188 Å². The van der Waals surface area contributed by atoms with Crippen LogP contribution in [0.15, 0.2) is 59.8 Å². The molecule has 166 valence electrons. The Morgan fingerprint density at radius 2 is 1.82 bits per heavy atom. The molecule has 0 aliphatic carbocycles. The van der Waals surface area contributed by atoms with Crippen LogP contribution in [0.4, 0.5) is 27.6 Å². The lowest BCUT2D eigenvalue weighted by Gasteiger charge is -2.11. The van der Waals surface area contributed by atoms with Gasteiger partial charge >= 0.3 is 6.18 Å². The molecule has 0 amide bonds. The molecule has 0 aliphatic heterocycles. The van der Waals surface area contributed by atoms with Crippen molar-refractivity contribution in [3.63, 3.8) is 0 Å². The topological polar surface area (TPSA) is 57.8 Å². The lowest BCUT2D eigenvalue weighted by Crippen LogP contribution is -2.09. The minimum Gasteiger partial charge on any atom is -0.345 e. The second kappa shape index (κ2) is 8.60. The van der Waals surface area contributed by atoms with Crippen molar-refractivity contribution in [3.05, 3.63) is 88.7 Å². The fourth-order valence-electron chi connectivity index (χ4n) is 3.16. The molecule has 10 heteroatoms. The molecule has 2 aromatic heterocycles. The number of carbonyl (C=O) groups is 1. The number of nitrogens with one attached hydrogen (secondary N) is 2. The van der Waals surface area contributed by atoms with Crippen molar-refractivity contribution in [3.8, 4) is 12.3 Å². The van der Waals surface area contributed by atoms with Gasteiger partial charge in [0.2, 0.25) is 5.78 Å². The summed E-state index contributed by atoms with van der Waals surface area (Å²) in [5.74, 6) is -0.765. The number of fused-ring (bicyclic) bond motifs is 1. The van der Waals surface area contributed by atoms with Crippen LogP contribution >= 0.6 is 11.9 Å². The van der Waals surface area contributed by atoms with Crippen molar-refractivity contribution in [1.82, 2.24) is 9.97 Å². The van der Waals surface area contributed by atoms with Gasteiger partial charge in [0.05, 0.1) is 22.4 Å². The predicted molar refractivity (Wildman–Crippen MR) is 115 cm³/mol. The molecule has 0 spiro atoms. The van der Waals surface area contributed by atoms with Crippen LogP contribution in [0.25, 0.3) is 11.0 Å². The van der Waals surface area contributed by atoms with Gasteiger partial charge in [0.15, 0.2) is 5.82 Å². The first kappa shape index (κ1) is 22.4. The minimum absolute atomic E-state index is 0.0450. The molecule has 0 saturated carbocycles. The average molecular weight is 473 g/mol. The van der Waals surface area contributed by atoms with E-state index in [9.17, 15) is 22.4 Å². The number of H-pyrrole nitrogens is 1. The molecular weight excluding hydrogens is 461 g/mol. The van der Waals surface area contributed by atoms with Crippen LogP contribution in [-0.2, 0) is 6.18 Å². The maximum atomic E-state index is 15.1. The highest BCUT2D eigenvalue weighted by Crippen LogP contribution is 2.33. The predicted octanol–water partition coefficient (Wildman–Crippen LogP) is 6.19. The van der Waals surface area contributed by atoms with E-state index in [1.54, 1.807) is 0 Å². The number of hydrogen-bond acceptors (Lipinski definition) is 4. The average Bonchev–Trinajstić information content (AvgIpc) is 3.22. The summed E-state index contributed by atoms with van der Waals surface area (Å²) in [5, 5.41) is 0.265. The molecule has 0 fully saturated rings. The van der Waals surface area contributed by atoms with Crippen molar-refractivity contribution in [1.29, 1.82) is 0 Å². The number of ketones is 1. The lowest BCUT2D eigenvalue weighted by molar-refractivity contribution is -0.137. The number of aromatic amines is 1. The van der Waals surface area contributed by atoms with Gasteiger partial charge in [0.1, 0.15) is 11.5 Å². The number of carbonyl (C=O) groups excluding carboxylic acids is 1. The van der Waals surface area contributed by atoms with Gasteiger partial charge in [-0.1, -0.05) is 5.92 Å². The monoisotopic (exact) mass is 473 g/mol. The van der Waals surface area contributed by atoms with Gasteiger partial charge in [-0.2, -0.15) is 13.2 Å². The number of rotatable bonds is 5. The summed E-state index contributed by atoms with van der Waals surface area (Å²) >= 11 is 0.806. The Morgan fingerprint density at radius 1 is 1.09 bits per heavy atom. The fourth-order valence-corrected chi connectivity index (χ4v) is 3.81. The quantitative estimate of drug-likeness (QED) is 0.157. The first-order valence-electron chi connectivity index (χ1n) is 9.26. The molecule has 0 bridgehead atoms. The fraction of sp³-hybridized carbons (Fsp3) is 0.0435. The number of benzene rings is 2. The molecule has 2 aromatic carbocycles. The molecule has 4 nitrogen and oxygen atoms in total. The van der Waals surface area contributed by atoms with E-state index in [2.05, 4.69) is 20.6 Å². The van der Waals surface area contributed by atoms with Crippen LogP contribution in [0.5, 0.6) is 0 Å². The molecule has 0 aliphatic rings. The van der Waals surface area contributed by atoms with Gasteiger partial charge in [-0.15, -0.1) is 6.42 Å². The van der Waals surface area contributed by atoms with Crippen LogP contribution in [-0.4, -0.2) is 15.8 Å². The molecule has 0 saturated heterocycles. The Hall–Kier alpha value is -3.84. The molecule has 4 rings (SSSR count). The van der Waals surface area contributed by atoms with E-state index < -0.39 is 34.7 Å². The van der Waals surface area contributed by atoms with E-state index in [4.69, 9.17) is 6.42 Å². The first-order valence-corrected chi connectivity index (χ1v) is 10.1. The maximum absolute atomic E-state index is 15.1. The van der Waals surface area contributed by atoms with E-state index in [-0.39, 0.29) is 16.6 Å². The Kier molecular flexibility index (Phi) is 5.82. The first-order chi connectivity index (χ1) is 15.7. The number of terminal acetylenes is 1. The minimum atomic E-state index is -4.48. The molecule has 0 atom stereocenters. The number of alkyl halides is 3. The Morgan fingerprint density at radius 3 is 2.48 bits per heavy atom.